The van der Waals surface area contributed by atoms with Crippen LogP contribution in [0.1, 0.15) is 36.8 Å². The summed E-state index contributed by atoms with van der Waals surface area (Å²) in [5, 5.41) is 22.8. The Hall–Kier alpha value is -4.24. The molecule has 0 atom stereocenters. The van der Waals surface area contributed by atoms with Gasteiger partial charge in [-0.05, 0) is 80.4 Å². The monoisotopic (exact) mass is 553 g/mol. The number of benzene rings is 3. The average molecular weight is 554 g/mol. The molecule has 9 nitrogen and oxygen atoms in total. The number of hydrogen-bond donors (Lipinski definition) is 3. The van der Waals surface area contributed by atoms with Crippen molar-refractivity contribution in [3.63, 3.8) is 0 Å². The van der Waals surface area contributed by atoms with Crippen LogP contribution in [0.3, 0.4) is 0 Å². The van der Waals surface area contributed by atoms with Gasteiger partial charge in [0.1, 0.15) is 5.82 Å². The zero-order valence-electron chi connectivity index (χ0n) is 23.8. The van der Waals surface area contributed by atoms with E-state index in [-0.39, 0.29) is 10.6 Å². The van der Waals surface area contributed by atoms with Crippen molar-refractivity contribution < 1.29 is 4.92 Å². The summed E-state index contributed by atoms with van der Waals surface area (Å²) in [5.74, 6) is 2.33. The summed E-state index contributed by atoms with van der Waals surface area (Å²) < 4.78 is 0. The molecule has 214 valence electrons. The minimum atomic E-state index is -0.367. The summed E-state index contributed by atoms with van der Waals surface area (Å²) in [4.78, 5) is 22.3. The van der Waals surface area contributed by atoms with Crippen LogP contribution in [0.25, 0.3) is 10.9 Å². The van der Waals surface area contributed by atoms with Gasteiger partial charge in [0.25, 0.3) is 5.69 Å². The van der Waals surface area contributed by atoms with Crippen LogP contribution in [0.2, 0.25) is 0 Å². The highest BCUT2D eigenvalue weighted by molar-refractivity contribution is 5.90. The molecule has 1 aliphatic carbocycles. The Bertz CT molecular complexity index is 1470. The number of nitrogens with zero attached hydrogens (tertiary/aromatic N) is 4. The molecule has 0 unspecified atom stereocenters. The Morgan fingerprint density at radius 3 is 2.46 bits per heavy atom. The molecule has 1 heterocycles. The van der Waals surface area contributed by atoms with Crippen LogP contribution in [-0.4, -0.2) is 48.1 Å². The number of nitro benzene ring substituents is 1. The normalized spacial score (nSPS) is 16.8. The van der Waals surface area contributed by atoms with E-state index in [0.29, 0.717) is 24.5 Å². The molecular weight excluding hydrogens is 514 g/mol. The minimum Gasteiger partial charge on any atom is -0.381 e. The molecule has 0 bridgehead atoms. The van der Waals surface area contributed by atoms with Crippen LogP contribution in [0.5, 0.6) is 0 Å². The minimum absolute atomic E-state index is 0.0952. The highest BCUT2D eigenvalue weighted by Gasteiger charge is 2.22. The van der Waals surface area contributed by atoms with Gasteiger partial charge in [0.15, 0.2) is 0 Å². The largest absolute Gasteiger partial charge is 0.381 e. The maximum atomic E-state index is 11.1. The number of para-hydroxylation sites is 1. The molecular formula is C32H39N7O2. The van der Waals surface area contributed by atoms with E-state index in [1.165, 1.54) is 30.0 Å². The first-order valence-electron chi connectivity index (χ1n) is 14.4. The van der Waals surface area contributed by atoms with Crippen LogP contribution in [-0.2, 0) is 13.0 Å². The summed E-state index contributed by atoms with van der Waals surface area (Å²) in [6.07, 6.45) is 5.54. The zero-order chi connectivity index (χ0) is 28.6. The molecule has 0 spiro atoms. The zero-order valence-corrected chi connectivity index (χ0v) is 23.8. The molecule has 4 aromatic rings. The maximum absolute atomic E-state index is 11.1. The fourth-order valence-electron chi connectivity index (χ4n) is 5.59. The van der Waals surface area contributed by atoms with E-state index in [2.05, 4.69) is 40.2 Å². The predicted octanol–water partition coefficient (Wildman–Crippen LogP) is 6.02. The third-order valence-corrected chi connectivity index (χ3v) is 7.85. The van der Waals surface area contributed by atoms with Crippen molar-refractivity contribution in [2.45, 2.75) is 44.7 Å². The van der Waals surface area contributed by atoms with E-state index in [1.807, 2.05) is 49.3 Å². The van der Waals surface area contributed by atoms with E-state index < -0.39 is 0 Å². The van der Waals surface area contributed by atoms with E-state index in [1.54, 1.807) is 12.1 Å². The topological polar surface area (TPSA) is 108 Å². The fraction of sp³-hybridized carbons (Fsp3) is 0.375. The van der Waals surface area contributed by atoms with Crippen molar-refractivity contribution in [3.8, 4) is 0 Å². The molecule has 1 saturated carbocycles. The molecule has 5 rings (SSSR count). The second-order valence-corrected chi connectivity index (χ2v) is 11.0. The van der Waals surface area contributed by atoms with Crippen LogP contribution >= 0.6 is 0 Å². The lowest BCUT2D eigenvalue weighted by atomic mass is 9.86. The number of aromatic nitrogens is 2. The van der Waals surface area contributed by atoms with Crippen LogP contribution in [0.4, 0.5) is 23.1 Å². The van der Waals surface area contributed by atoms with Crippen LogP contribution in [0.15, 0.2) is 72.8 Å². The van der Waals surface area contributed by atoms with Crippen molar-refractivity contribution in [3.05, 3.63) is 94.0 Å². The number of fused-ring (bicyclic) bond motifs is 1. The Morgan fingerprint density at radius 1 is 0.927 bits per heavy atom. The highest BCUT2D eigenvalue weighted by Crippen LogP contribution is 2.28. The predicted molar refractivity (Wildman–Crippen MR) is 167 cm³/mol. The first-order valence-corrected chi connectivity index (χ1v) is 14.4. The van der Waals surface area contributed by atoms with Crippen molar-refractivity contribution in [2.75, 3.05) is 42.7 Å². The SMILES string of the molecule is CN(C)c1nc(NC2CCC(CNCCc3ccccc3CNc3cccc([N+](=O)[O-])c3)CC2)nc2ccccc12. The van der Waals surface area contributed by atoms with E-state index >= 15 is 0 Å². The molecule has 1 aliphatic rings. The Kier molecular flexibility index (Phi) is 9.26. The second kappa shape index (κ2) is 13.4. The smallest absolute Gasteiger partial charge is 0.271 e. The van der Waals surface area contributed by atoms with Gasteiger partial charge < -0.3 is 20.9 Å². The lowest BCUT2D eigenvalue weighted by Gasteiger charge is -2.29. The molecule has 0 aliphatic heterocycles. The number of non-ortho nitro benzene ring substituents is 1. The summed E-state index contributed by atoms with van der Waals surface area (Å²) in [6, 6.07) is 23.6. The number of hydrogen-bond acceptors (Lipinski definition) is 8. The van der Waals surface area contributed by atoms with Gasteiger partial charge in [-0.15, -0.1) is 0 Å². The van der Waals surface area contributed by atoms with E-state index in [9.17, 15) is 10.1 Å². The number of rotatable bonds is 12. The van der Waals surface area contributed by atoms with Gasteiger partial charge in [-0.3, -0.25) is 10.1 Å². The molecule has 1 fully saturated rings. The third kappa shape index (κ3) is 7.49. The van der Waals surface area contributed by atoms with Gasteiger partial charge in [-0.25, -0.2) is 4.98 Å². The molecule has 1 aromatic heterocycles. The van der Waals surface area contributed by atoms with Gasteiger partial charge >= 0.3 is 0 Å². The quantitative estimate of drug-likeness (QED) is 0.111. The van der Waals surface area contributed by atoms with Gasteiger partial charge in [0, 0.05) is 49.9 Å². The summed E-state index contributed by atoms with van der Waals surface area (Å²) in [7, 11) is 4.04. The third-order valence-electron chi connectivity index (χ3n) is 7.85. The number of nitrogens with one attached hydrogen (secondary N) is 3. The van der Waals surface area contributed by atoms with Crippen molar-refractivity contribution in [2.24, 2.45) is 5.92 Å². The van der Waals surface area contributed by atoms with Gasteiger partial charge in [-0.1, -0.05) is 42.5 Å². The lowest BCUT2D eigenvalue weighted by molar-refractivity contribution is -0.384. The van der Waals surface area contributed by atoms with E-state index in [4.69, 9.17) is 9.97 Å². The first-order chi connectivity index (χ1) is 20.0. The molecule has 41 heavy (non-hydrogen) atoms. The number of anilines is 3. The van der Waals surface area contributed by atoms with E-state index in [0.717, 1.165) is 54.8 Å². The van der Waals surface area contributed by atoms with Crippen molar-refractivity contribution in [1.82, 2.24) is 15.3 Å². The maximum Gasteiger partial charge on any atom is 0.271 e. The Labute approximate surface area is 241 Å². The standard InChI is InChI=1S/C32H39N7O2/c1-38(2)31-29-12-5-6-13-30(29)36-32(37-31)35-26-16-14-23(15-17-26)21-33-19-18-24-8-3-4-9-25(24)22-34-27-10-7-11-28(20-27)39(40)41/h3-13,20,23,26,33-34H,14-19,21-22H2,1-2H3,(H,35,36,37). The Morgan fingerprint density at radius 2 is 1.68 bits per heavy atom. The van der Waals surface area contributed by atoms with Crippen LogP contribution < -0.4 is 20.9 Å². The number of nitro groups is 1. The fourth-order valence-corrected chi connectivity index (χ4v) is 5.59. The Balaban J connectivity index is 1.06. The summed E-state index contributed by atoms with van der Waals surface area (Å²) in [5.41, 5.74) is 4.31. The lowest BCUT2D eigenvalue weighted by Crippen LogP contribution is -2.32. The molecule has 3 N–H and O–H groups in total. The first kappa shape index (κ1) is 28.3. The highest BCUT2D eigenvalue weighted by atomic mass is 16.6. The molecule has 3 aromatic carbocycles. The van der Waals surface area contributed by atoms with Crippen LogP contribution in [0, 0.1) is 16.0 Å². The summed E-state index contributed by atoms with van der Waals surface area (Å²) in [6.45, 7) is 2.58. The second-order valence-electron chi connectivity index (χ2n) is 11.0. The molecule has 0 radical (unpaired) electrons. The molecule has 0 saturated heterocycles. The average Bonchev–Trinajstić information content (AvgIpc) is 2.99. The molecule has 0 amide bonds. The van der Waals surface area contributed by atoms with Gasteiger partial charge in [-0.2, -0.15) is 4.98 Å². The molecule has 9 heteroatoms. The summed E-state index contributed by atoms with van der Waals surface area (Å²) >= 11 is 0. The van der Waals surface area contributed by atoms with Crippen molar-refractivity contribution >= 4 is 34.0 Å². The van der Waals surface area contributed by atoms with Crippen molar-refractivity contribution in [1.29, 1.82) is 0 Å². The van der Waals surface area contributed by atoms with Gasteiger partial charge in [0.2, 0.25) is 5.95 Å². The van der Waals surface area contributed by atoms with Gasteiger partial charge in [0.05, 0.1) is 10.4 Å².